The molecule has 0 saturated heterocycles. The molecular weight excluding hydrogens is 268 g/mol. The van der Waals surface area contributed by atoms with Crippen molar-refractivity contribution >= 4 is 5.91 Å². The summed E-state index contributed by atoms with van der Waals surface area (Å²) in [6, 6.07) is 1.62. The van der Waals surface area contributed by atoms with E-state index in [-0.39, 0.29) is 12.5 Å². The minimum absolute atomic E-state index is 0.00600. The summed E-state index contributed by atoms with van der Waals surface area (Å²) in [6.07, 6.45) is 6.95. The van der Waals surface area contributed by atoms with Crippen LogP contribution in [-0.2, 0) is 13.6 Å². The van der Waals surface area contributed by atoms with Gasteiger partial charge < -0.3 is 15.0 Å². The van der Waals surface area contributed by atoms with Crippen LogP contribution in [0.5, 0.6) is 0 Å². The van der Waals surface area contributed by atoms with Gasteiger partial charge in [0, 0.05) is 38.3 Å². The number of rotatable bonds is 4. The van der Waals surface area contributed by atoms with Crippen LogP contribution in [0.1, 0.15) is 28.2 Å². The predicted octanol–water partition coefficient (Wildman–Crippen LogP) is 0.479. The minimum atomic E-state index is -0.228. The van der Waals surface area contributed by atoms with Gasteiger partial charge in [0.1, 0.15) is 5.82 Å². The molecule has 108 valence electrons. The van der Waals surface area contributed by atoms with Gasteiger partial charge in [-0.15, -0.1) is 0 Å². The molecule has 2 heterocycles. The molecule has 0 atom stereocenters. The van der Waals surface area contributed by atoms with E-state index in [0.717, 1.165) is 5.82 Å². The third-order valence-corrected chi connectivity index (χ3v) is 2.85. The molecule has 2 aromatic rings. The summed E-state index contributed by atoms with van der Waals surface area (Å²) in [5, 5.41) is 11.5. The van der Waals surface area contributed by atoms with Crippen molar-refractivity contribution in [2.75, 3.05) is 6.61 Å². The maximum absolute atomic E-state index is 12.2. The molecule has 0 saturated carbocycles. The molecule has 21 heavy (non-hydrogen) atoms. The molecule has 0 fully saturated rings. The van der Waals surface area contributed by atoms with E-state index in [2.05, 4.69) is 27.1 Å². The highest BCUT2D eigenvalue weighted by molar-refractivity contribution is 5.96. The molecule has 2 N–H and O–H groups in total. The molecule has 2 aromatic heterocycles. The first kappa shape index (κ1) is 14.8. The Balaban J connectivity index is 2.09. The molecular formula is C15H16N4O2. The van der Waals surface area contributed by atoms with Crippen molar-refractivity contribution in [2.45, 2.75) is 13.0 Å². The Labute approximate surface area is 122 Å². The van der Waals surface area contributed by atoms with E-state index in [4.69, 9.17) is 5.11 Å². The van der Waals surface area contributed by atoms with Gasteiger partial charge in [0.05, 0.1) is 24.3 Å². The molecule has 0 unspecified atom stereocenters. The maximum atomic E-state index is 12.2. The highest BCUT2D eigenvalue weighted by atomic mass is 16.2. The van der Waals surface area contributed by atoms with Crippen LogP contribution in [0, 0.1) is 11.8 Å². The lowest BCUT2D eigenvalue weighted by Crippen LogP contribution is -2.25. The standard InChI is InChI=1S/C15H16N4O2/c1-19-8-7-17-14(19)11-18-15(21)13-5-6-16-10-12(13)4-2-3-9-20/h5-8,10,20H,3,9,11H2,1H3,(H,18,21). The predicted molar refractivity (Wildman–Crippen MR) is 77.2 cm³/mol. The Bertz CT molecular complexity index is 682. The average Bonchev–Trinajstić information content (AvgIpc) is 2.91. The van der Waals surface area contributed by atoms with Gasteiger partial charge in [0.2, 0.25) is 0 Å². The maximum Gasteiger partial charge on any atom is 0.253 e. The topological polar surface area (TPSA) is 80.0 Å². The van der Waals surface area contributed by atoms with Crippen LogP contribution < -0.4 is 5.32 Å². The Morgan fingerprint density at radius 2 is 2.33 bits per heavy atom. The van der Waals surface area contributed by atoms with Crippen LogP contribution in [0.25, 0.3) is 0 Å². The molecule has 0 spiro atoms. The second-order valence-electron chi connectivity index (χ2n) is 4.33. The summed E-state index contributed by atoms with van der Waals surface area (Å²) < 4.78 is 1.84. The van der Waals surface area contributed by atoms with E-state index < -0.39 is 0 Å². The van der Waals surface area contributed by atoms with Gasteiger partial charge in [0.15, 0.2) is 0 Å². The highest BCUT2D eigenvalue weighted by Gasteiger charge is 2.10. The van der Waals surface area contributed by atoms with Gasteiger partial charge >= 0.3 is 0 Å². The van der Waals surface area contributed by atoms with Crippen molar-refractivity contribution in [2.24, 2.45) is 7.05 Å². The number of nitrogens with zero attached hydrogens (tertiary/aromatic N) is 3. The van der Waals surface area contributed by atoms with E-state index in [1.54, 1.807) is 24.7 Å². The van der Waals surface area contributed by atoms with Crippen molar-refractivity contribution in [1.29, 1.82) is 0 Å². The number of nitrogens with one attached hydrogen (secondary N) is 1. The van der Waals surface area contributed by atoms with Crippen LogP contribution >= 0.6 is 0 Å². The Kier molecular flexibility index (Phi) is 5.07. The third kappa shape index (κ3) is 3.91. The number of carbonyl (C=O) groups excluding carboxylic acids is 1. The van der Waals surface area contributed by atoms with Crippen molar-refractivity contribution in [3.63, 3.8) is 0 Å². The van der Waals surface area contributed by atoms with Gasteiger partial charge in [0.25, 0.3) is 5.91 Å². The number of imidazole rings is 1. The molecule has 0 aliphatic heterocycles. The van der Waals surface area contributed by atoms with E-state index in [0.29, 0.717) is 24.1 Å². The van der Waals surface area contributed by atoms with Crippen LogP contribution in [0.15, 0.2) is 30.9 Å². The summed E-state index contributed by atoms with van der Waals surface area (Å²) in [5.74, 6) is 6.18. The van der Waals surface area contributed by atoms with Crippen molar-refractivity contribution in [1.82, 2.24) is 19.9 Å². The zero-order chi connectivity index (χ0) is 15.1. The van der Waals surface area contributed by atoms with Crippen LogP contribution in [0.4, 0.5) is 0 Å². The number of aliphatic hydroxyl groups is 1. The van der Waals surface area contributed by atoms with Crippen molar-refractivity contribution in [3.8, 4) is 11.8 Å². The lowest BCUT2D eigenvalue weighted by Gasteiger charge is -2.06. The third-order valence-electron chi connectivity index (χ3n) is 2.85. The average molecular weight is 284 g/mol. The zero-order valence-corrected chi connectivity index (χ0v) is 11.7. The number of hydrogen-bond acceptors (Lipinski definition) is 4. The fourth-order valence-corrected chi connectivity index (χ4v) is 1.73. The second-order valence-corrected chi connectivity index (χ2v) is 4.33. The summed E-state index contributed by atoms with van der Waals surface area (Å²) in [4.78, 5) is 20.3. The first-order valence-corrected chi connectivity index (χ1v) is 6.50. The fourth-order valence-electron chi connectivity index (χ4n) is 1.73. The molecule has 6 heteroatoms. The first-order valence-electron chi connectivity index (χ1n) is 6.50. The quantitative estimate of drug-likeness (QED) is 0.800. The monoisotopic (exact) mass is 284 g/mol. The SMILES string of the molecule is Cn1ccnc1CNC(=O)c1ccncc1C#CCCO. The molecule has 2 rings (SSSR count). The molecule has 0 radical (unpaired) electrons. The van der Waals surface area contributed by atoms with E-state index >= 15 is 0 Å². The Hall–Kier alpha value is -2.65. The van der Waals surface area contributed by atoms with Gasteiger partial charge in [-0.05, 0) is 6.07 Å². The van der Waals surface area contributed by atoms with Crippen molar-refractivity contribution < 1.29 is 9.90 Å². The van der Waals surface area contributed by atoms with E-state index in [1.165, 1.54) is 0 Å². The highest BCUT2D eigenvalue weighted by Crippen LogP contribution is 2.06. The normalized spacial score (nSPS) is 9.81. The number of aliphatic hydroxyl groups excluding tert-OH is 1. The van der Waals surface area contributed by atoms with Crippen LogP contribution in [-0.4, -0.2) is 32.2 Å². The zero-order valence-electron chi connectivity index (χ0n) is 11.7. The van der Waals surface area contributed by atoms with E-state index in [9.17, 15) is 4.79 Å². The molecule has 6 nitrogen and oxygen atoms in total. The molecule has 0 aliphatic carbocycles. The number of aromatic nitrogens is 3. The summed E-state index contributed by atoms with van der Waals surface area (Å²) >= 11 is 0. The molecule has 0 bridgehead atoms. The first-order chi connectivity index (χ1) is 10.2. The number of amides is 1. The minimum Gasteiger partial charge on any atom is -0.395 e. The number of pyridine rings is 1. The van der Waals surface area contributed by atoms with Gasteiger partial charge in [-0.25, -0.2) is 4.98 Å². The van der Waals surface area contributed by atoms with Gasteiger partial charge in [-0.3, -0.25) is 9.78 Å². The lowest BCUT2D eigenvalue weighted by atomic mass is 10.1. The smallest absolute Gasteiger partial charge is 0.253 e. The van der Waals surface area contributed by atoms with E-state index in [1.807, 2.05) is 17.8 Å². The van der Waals surface area contributed by atoms with Crippen molar-refractivity contribution in [3.05, 3.63) is 47.8 Å². The van der Waals surface area contributed by atoms with Crippen LogP contribution in [0.2, 0.25) is 0 Å². The summed E-state index contributed by atoms with van der Waals surface area (Å²) in [7, 11) is 1.87. The molecule has 0 aromatic carbocycles. The fraction of sp³-hybridized carbons (Fsp3) is 0.267. The lowest BCUT2D eigenvalue weighted by molar-refractivity contribution is 0.0949. The molecule has 1 amide bonds. The van der Waals surface area contributed by atoms with Gasteiger partial charge in [-0.2, -0.15) is 0 Å². The van der Waals surface area contributed by atoms with Gasteiger partial charge in [-0.1, -0.05) is 11.8 Å². The molecule has 0 aliphatic rings. The summed E-state index contributed by atoms with van der Waals surface area (Å²) in [5.41, 5.74) is 1.01. The Morgan fingerprint density at radius 1 is 1.48 bits per heavy atom. The summed E-state index contributed by atoms with van der Waals surface area (Å²) in [6.45, 7) is 0.335. The Morgan fingerprint density at radius 3 is 3.05 bits per heavy atom. The number of carbonyl (C=O) groups is 1. The largest absolute Gasteiger partial charge is 0.395 e. The van der Waals surface area contributed by atoms with Crippen LogP contribution in [0.3, 0.4) is 0 Å². The number of hydrogen-bond donors (Lipinski definition) is 2. The second kappa shape index (κ2) is 7.22. The number of aryl methyl sites for hydroxylation is 1.